The molecule has 0 bridgehead atoms. The molecule has 28 heavy (non-hydrogen) atoms. The van der Waals surface area contributed by atoms with Gasteiger partial charge in [-0.2, -0.15) is 8.78 Å². The summed E-state index contributed by atoms with van der Waals surface area (Å²) in [5.41, 5.74) is -0.173. The van der Waals surface area contributed by atoms with Crippen LogP contribution in [-0.2, 0) is 14.6 Å². The number of amides is 2. The first-order chi connectivity index (χ1) is 13.1. The number of benzene rings is 2. The van der Waals surface area contributed by atoms with Crippen molar-refractivity contribution in [2.45, 2.75) is 16.7 Å². The van der Waals surface area contributed by atoms with E-state index in [0.717, 1.165) is 42.5 Å². The van der Waals surface area contributed by atoms with Gasteiger partial charge in [-0.1, -0.05) is 6.07 Å². The third-order valence-electron chi connectivity index (χ3n) is 3.74. The Morgan fingerprint density at radius 1 is 0.964 bits per heavy atom. The topological polar surface area (TPSA) is 92.3 Å². The third kappa shape index (κ3) is 4.47. The predicted octanol–water partition coefficient (Wildman–Crippen LogP) is 2.18. The fourth-order valence-electron chi connectivity index (χ4n) is 2.25. The Bertz CT molecular complexity index is 995. The highest BCUT2D eigenvalue weighted by Gasteiger charge is 2.27. The summed E-state index contributed by atoms with van der Waals surface area (Å²) in [6.07, 6.45) is 0. The van der Waals surface area contributed by atoms with Gasteiger partial charge in [-0.25, -0.2) is 17.2 Å². The number of sulfone groups is 1. The highest BCUT2D eigenvalue weighted by Crippen LogP contribution is 2.20. The van der Waals surface area contributed by atoms with Gasteiger partial charge in [0.1, 0.15) is 6.04 Å². The minimum absolute atomic E-state index is 0.0384. The van der Waals surface area contributed by atoms with Crippen molar-refractivity contribution in [1.82, 2.24) is 10.6 Å². The fourth-order valence-corrected chi connectivity index (χ4v) is 2.97. The fraction of sp³-hybridized carbons (Fsp3) is 0.176. The molecule has 6 nitrogen and oxygen atoms in total. The molecule has 0 radical (unpaired) electrons. The van der Waals surface area contributed by atoms with Crippen LogP contribution in [0.3, 0.4) is 0 Å². The monoisotopic (exact) mass is 418 g/mol. The van der Waals surface area contributed by atoms with Gasteiger partial charge in [-0.15, -0.1) is 0 Å². The van der Waals surface area contributed by atoms with E-state index in [0.29, 0.717) is 0 Å². The molecular weight excluding hydrogens is 404 g/mol. The van der Waals surface area contributed by atoms with Crippen molar-refractivity contribution in [2.24, 2.45) is 0 Å². The Kier molecular flexibility index (Phi) is 6.39. The highest BCUT2D eigenvalue weighted by atomic mass is 32.2. The van der Waals surface area contributed by atoms with Gasteiger partial charge in [-0.3, -0.25) is 9.59 Å². The molecule has 2 aromatic rings. The Morgan fingerprint density at radius 2 is 1.57 bits per heavy atom. The SMILES string of the molecule is CNC(=O)C(NC(=O)c1ccc(S(=O)(=O)C(F)F)cc1)c1ccc(F)c(F)c1. The molecular formula is C17H14F4N2O4S. The molecule has 0 aromatic heterocycles. The summed E-state index contributed by atoms with van der Waals surface area (Å²) in [4.78, 5) is 23.7. The summed E-state index contributed by atoms with van der Waals surface area (Å²) >= 11 is 0. The van der Waals surface area contributed by atoms with Gasteiger partial charge in [0.05, 0.1) is 4.90 Å². The van der Waals surface area contributed by atoms with Crippen LogP contribution in [0.5, 0.6) is 0 Å². The van der Waals surface area contributed by atoms with Crippen LogP contribution in [0.15, 0.2) is 47.4 Å². The second-order valence-electron chi connectivity index (χ2n) is 5.52. The minimum atomic E-state index is -4.82. The normalized spacial score (nSPS) is 12.5. The first kappa shape index (κ1) is 21.4. The van der Waals surface area contributed by atoms with E-state index in [1.807, 2.05) is 0 Å². The lowest BCUT2D eigenvalue weighted by molar-refractivity contribution is -0.122. The molecule has 0 aliphatic rings. The summed E-state index contributed by atoms with van der Waals surface area (Å²) in [7, 11) is -3.55. The summed E-state index contributed by atoms with van der Waals surface area (Å²) < 4.78 is 74.4. The quantitative estimate of drug-likeness (QED) is 0.704. The van der Waals surface area contributed by atoms with Gasteiger partial charge in [0.25, 0.3) is 5.91 Å². The van der Waals surface area contributed by atoms with E-state index in [1.165, 1.54) is 7.05 Å². The molecule has 2 aromatic carbocycles. The van der Waals surface area contributed by atoms with Crippen molar-refractivity contribution in [3.8, 4) is 0 Å². The molecule has 2 amide bonds. The lowest BCUT2D eigenvalue weighted by Gasteiger charge is -2.18. The zero-order valence-electron chi connectivity index (χ0n) is 14.2. The van der Waals surface area contributed by atoms with E-state index < -0.39 is 50.0 Å². The lowest BCUT2D eigenvalue weighted by Crippen LogP contribution is -2.39. The standard InChI is InChI=1S/C17H14F4N2O4S/c1-22-16(25)14(10-4-7-12(18)13(19)8-10)23-15(24)9-2-5-11(6-3-9)28(26,27)17(20)21/h2-8,14,17H,1H3,(H,22,25)(H,23,24). The maximum atomic E-state index is 13.5. The Balaban J connectivity index is 2.29. The Morgan fingerprint density at radius 3 is 2.07 bits per heavy atom. The molecule has 2 rings (SSSR count). The minimum Gasteiger partial charge on any atom is -0.357 e. The second kappa shape index (κ2) is 8.38. The van der Waals surface area contributed by atoms with Crippen molar-refractivity contribution in [2.75, 3.05) is 7.05 Å². The Labute approximate surface area is 157 Å². The van der Waals surface area contributed by atoms with E-state index in [-0.39, 0.29) is 11.1 Å². The van der Waals surface area contributed by atoms with Gasteiger partial charge in [0.2, 0.25) is 15.7 Å². The van der Waals surface area contributed by atoms with Gasteiger partial charge >= 0.3 is 5.76 Å². The zero-order valence-corrected chi connectivity index (χ0v) is 15.1. The number of alkyl halides is 2. The summed E-state index contributed by atoms with van der Waals surface area (Å²) in [5.74, 6) is -7.56. The number of nitrogens with one attached hydrogen (secondary N) is 2. The molecule has 0 aliphatic carbocycles. The summed E-state index contributed by atoms with van der Waals surface area (Å²) in [6, 6.07) is 4.87. The average Bonchev–Trinajstić information content (AvgIpc) is 2.67. The van der Waals surface area contributed by atoms with Crippen LogP contribution in [0.25, 0.3) is 0 Å². The first-order valence-corrected chi connectivity index (χ1v) is 9.22. The molecule has 0 fully saturated rings. The van der Waals surface area contributed by atoms with E-state index in [2.05, 4.69) is 10.6 Å². The molecule has 0 heterocycles. The number of hydrogen-bond donors (Lipinski definition) is 2. The van der Waals surface area contributed by atoms with Gasteiger partial charge in [-0.05, 0) is 42.0 Å². The average molecular weight is 418 g/mol. The highest BCUT2D eigenvalue weighted by molar-refractivity contribution is 7.91. The van der Waals surface area contributed by atoms with Crippen molar-refractivity contribution in [3.05, 3.63) is 65.2 Å². The molecule has 11 heteroatoms. The van der Waals surface area contributed by atoms with E-state index >= 15 is 0 Å². The maximum Gasteiger partial charge on any atom is 0.341 e. The molecule has 0 spiro atoms. The van der Waals surface area contributed by atoms with Crippen LogP contribution in [0.4, 0.5) is 17.6 Å². The van der Waals surface area contributed by atoms with Gasteiger partial charge < -0.3 is 10.6 Å². The molecule has 0 saturated heterocycles. The first-order valence-electron chi connectivity index (χ1n) is 7.67. The lowest BCUT2D eigenvalue weighted by atomic mass is 10.0. The smallest absolute Gasteiger partial charge is 0.341 e. The van der Waals surface area contributed by atoms with E-state index in [9.17, 15) is 35.6 Å². The second-order valence-corrected chi connectivity index (χ2v) is 7.44. The number of rotatable bonds is 6. The molecule has 1 atom stereocenters. The number of halogens is 4. The zero-order chi connectivity index (χ0) is 21.1. The van der Waals surface area contributed by atoms with Crippen LogP contribution in [0.1, 0.15) is 22.0 Å². The van der Waals surface area contributed by atoms with Crippen molar-refractivity contribution < 1.29 is 35.6 Å². The van der Waals surface area contributed by atoms with Gasteiger partial charge in [0.15, 0.2) is 11.6 Å². The Hall–Kier alpha value is -2.95. The molecule has 150 valence electrons. The summed E-state index contributed by atoms with van der Waals surface area (Å²) in [5, 5.41) is 4.55. The van der Waals surface area contributed by atoms with Crippen LogP contribution >= 0.6 is 0 Å². The van der Waals surface area contributed by atoms with Crippen molar-refractivity contribution >= 4 is 21.7 Å². The maximum absolute atomic E-state index is 13.5. The van der Waals surface area contributed by atoms with Gasteiger partial charge in [0, 0.05) is 12.6 Å². The summed E-state index contributed by atoms with van der Waals surface area (Å²) in [6.45, 7) is 0. The van der Waals surface area contributed by atoms with Crippen molar-refractivity contribution in [1.29, 1.82) is 0 Å². The molecule has 0 saturated carbocycles. The van der Waals surface area contributed by atoms with Crippen LogP contribution in [0, 0.1) is 11.6 Å². The number of carbonyl (C=O) groups excluding carboxylic acids is 2. The van der Waals surface area contributed by atoms with Crippen LogP contribution in [-0.4, -0.2) is 33.0 Å². The van der Waals surface area contributed by atoms with Crippen molar-refractivity contribution in [3.63, 3.8) is 0 Å². The number of carbonyl (C=O) groups is 2. The van der Waals surface area contributed by atoms with E-state index in [1.54, 1.807) is 0 Å². The predicted molar refractivity (Wildman–Crippen MR) is 90.3 cm³/mol. The molecule has 2 N–H and O–H groups in total. The number of likely N-dealkylation sites (N-methyl/N-ethyl adjacent to an activating group) is 1. The molecule has 1 unspecified atom stereocenters. The van der Waals surface area contributed by atoms with Crippen LogP contribution < -0.4 is 10.6 Å². The molecule has 0 aliphatic heterocycles. The third-order valence-corrected chi connectivity index (χ3v) is 5.14. The van der Waals surface area contributed by atoms with E-state index in [4.69, 9.17) is 0 Å². The largest absolute Gasteiger partial charge is 0.357 e. The number of hydrogen-bond acceptors (Lipinski definition) is 4. The van der Waals surface area contributed by atoms with Crippen LogP contribution in [0.2, 0.25) is 0 Å².